The van der Waals surface area contributed by atoms with E-state index >= 15 is 0 Å². The first-order valence-electron chi connectivity index (χ1n) is 9.80. The smallest absolute Gasteiger partial charge is 0.118 e. The van der Waals surface area contributed by atoms with Gasteiger partial charge in [0.15, 0.2) is 0 Å². The number of rotatable bonds is 6. The van der Waals surface area contributed by atoms with Gasteiger partial charge in [0.25, 0.3) is 0 Å². The van der Waals surface area contributed by atoms with E-state index in [2.05, 4.69) is 6.07 Å². The van der Waals surface area contributed by atoms with Crippen molar-refractivity contribution in [1.29, 1.82) is 5.26 Å². The molecular weight excluding hydrogens is 459 g/mol. The van der Waals surface area contributed by atoms with Crippen LogP contribution in [0.3, 0.4) is 0 Å². The lowest BCUT2D eigenvalue weighted by atomic mass is 9.99. The maximum absolute atomic E-state index is 10.0. The molecule has 0 bridgehead atoms. The average molecular weight is 477 g/mol. The number of aromatic nitrogens is 1. The molecule has 0 N–H and O–H groups in total. The summed E-state index contributed by atoms with van der Waals surface area (Å²) in [6.45, 7) is 0. The number of hydrogen-bond donors (Lipinski definition) is 0. The van der Waals surface area contributed by atoms with Crippen LogP contribution in [0.15, 0.2) is 83.9 Å². The summed E-state index contributed by atoms with van der Waals surface area (Å²) in [5.74, 6) is 1.37. The van der Waals surface area contributed by atoms with Gasteiger partial charge >= 0.3 is 0 Å². The van der Waals surface area contributed by atoms with Crippen molar-refractivity contribution in [2.75, 3.05) is 7.11 Å². The maximum Gasteiger partial charge on any atom is 0.118 e. The number of benzene rings is 3. The van der Waals surface area contributed by atoms with Crippen LogP contribution in [0.2, 0.25) is 10.0 Å². The van der Waals surface area contributed by atoms with Crippen LogP contribution in [-0.2, 0) is 5.75 Å². The Morgan fingerprint density at radius 2 is 1.66 bits per heavy atom. The minimum absolute atomic E-state index is 0.509. The van der Waals surface area contributed by atoms with Gasteiger partial charge in [-0.15, -0.1) is 11.8 Å². The van der Waals surface area contributed by atoms with E-state index in [9.17, 15) is 5.26 Å². The molecule has 4 rings (SSSR count). The molecule has 0 atom stereocenters. The molecular formula is C26H18Cl2N2OS. The summed E-state index contributed by atoms with van der Waals surface area (Å²) in [7, 11) is 1.63. The van der Waals surface area contributed by atoms with Gasteiger partial charge in [0, 0.05) is 16.9 Å². The van der Waals surface area contributed by atoms with E-state index in [0.29, 0.717) is 26.4 Å². The molecule has 3 aromatic carbocycles. The summed E-state index contributed by atoms with van der Waals surface area (Å²) in [6.07, 6.45) is 0. The Bertz CT molecular complexity index is 1290. The Kier molecular flexibility index (Phi) is 7.02. The van der Waals surface area contributed by atoms with Gasteiger partial charge in [0.2, 0.25) is 0 Å². The Balaban J connectivity index is 1.79. The molecule has 0 saturated carbocycles. The maximum atomic E-state index is 10.0. The SMILES string of the molecule is COc1ccc(-c2cc(-c3ccccc3)nc(SCc3ccc(Cl)c(Cl)c3)c2C#N)cc1. The topological polar surface area (TPSA) is 45.9 Å². The van der Waals surface area contributed by atoms with Gasteiger partial charge in [-0.3, -0.25) is 0 Å². The van der Waals surface area contributed by atoms with Crippen molar-refractivity contribution < 1.29 is 4.74 Å². The van der Waals surface area contributed by atoms with E-state index in [4.69, 9.17) is 32.9 Å². The molecule has 0 unspecified atom stereocenters. The Hall–Kier alpha value is -2.97. The number of thioether (sulfide) groups is 1. The van der Waals surface area contributed by atoms with Gasteiger partial charge in [-0.2, -0.15) is 5.26 Å². The molecule has 158 valence electrons. The molecule has 0 spiro atoms. The molecule has 1 aromatic heterocycles. The lowest BCUT2D eigenvalue weighted by molar-refractivity contribution is 0.415. The highest BCUT2D eigenvalue weighted by Gasteiger charge is 2.16. The van der Waals surface area contributed by atoms with Gasteiger partial charge in [-0.1, -0.05) is 71.7 Å². The van der Waals surface area contributed by atoms with E-state index in [-0.39, 0.29) is 0 Å². The fourth-order valence-electron chi connectivity index (χ4n) is 3.27. The normalized spacial score (nSPS) is 10.6. The van der Waals surface area contributed by atoms with Crippen LogP contribution in [0.1, 0.15) is 11.1 Å². The molecule has 0 fully saturated rings. The van der Waals surface area contributed by atoms with Crippen molar-refractivity contribution in [3.8, 4) is 34.2 Å². The Morgan fingerprint density at radius 1 is 0.906 bits per heavy atom. The molecule has 0 aliphatic carbocycles. The van der Waals surface area contributed by atoms with Crippen LogP contribution in [0.4, 0.5) is 0 Å². The minimum Gasteiger partial charge on any atom is -0.497 e. The lowest BCUT2D eigenvalue weighted by Gasteiger charge is -2.13. The van der Waals surface area contributed by atoms with Crippen molar-refractivity contribution in [3.63, 3.8) is 0 Å². The highest BCUT2D eigenvalue weighted by molar-refractivity contribution is 7.98. The van der Waals surface area contributed by atoms with E-state index in [1.807, 2.05) is 72.8 Å². The third-order valence-electron chi connectivity index (χ3n) is 4.93. The molecule has 0 aliphatic rings. The van der Waals surface area contributed by atoms with Gasteiger partial charge < -0.3 is 4.74 Å². The van der Waals surface area contributed by atoms with Crippen LogP contribution >= 0.6 is 35.0 Å². The number of nitrogens with zero attached hydrogens (tertiary/aromatic N) is 2. The van der Waals surface area contributed by atoms with Crippen molar-refractivity contribution >= 4 is 35.0 Å². The quantitative estimate of drug-likeness (QED) is 0.265. The molecule has 0 aliphatic heterocycles. The third-order valence-corrected chi connectivity index (χ3v) is 6.71. The second-order valence-electron chi connectivity index (χ2n) is 6.98. The zero-order valence-electron chi connectivity index (χ0n) is 17.2. The Morgan fingerprint density at radius 3 is 2.31 bits per heavy atom. The van der Waals surface area contributed by atoms with Gasteiger partial charge in [-0.05, 0) is 41.5 Å². The first-order valence-corrected chi connectivity index (χ1v) is 11.5. The zero-order valence-corrected chi connectivity index (χ0v) is 19.5. The monoisotopic (exact) mass is 476 g/mol. The number of nitriles is 1. The first kappa shape index (κ1) is 22.2. The summed E-state index contributed by atoms with van der Waals surface area (Å²) in [5, 5.41) is 11.7. The highest BCUT2D eigenvalue weighted by Crippen LogP contribution is 2.36. The largest absolute Gasteiger partial charge is 0.497 e. The lowest BCUT2D eigenvalue weighted by Crippen LogP contribution is -1.96. The van der Waals surface area contributed by atoms with Crippen molar-refractivity contribution in [2.24, 2.45) is 0 Å². The first-order chi connectivity index (χ1) is 15.6. The fourth-order valence-corrected chi connectivity index (χ4v) is 4.54. The summed E-state index contributed by atoms with van der Waals surface area (Å²) in [4.78, 5) is 4.85. The summed E-state index contributed by atoms with van der Waals surface area (Å²) in [5.41, 5.74) is 5.11. The van der Waals surface area contributed by atoms with Crippen LogP contribution in [0.25, 0.3) is 22.4 Å². The predicted octanol–water partition coefficient (Wildman–Crippen LogP) is 7.89. The molecule has 4 aromatic rings. The van der Waals surface area contributed by atoms with Gasteiger partial charge in [0.05, 0.1) is 28.4 Å². The molecule has 0 radical (unpaired) electrons. The Labute approximate surface area is 201 Å². The average Bonchev–Trinajstić information content (AvgIpc) is 2.84. The number of hydrogen-bond acceptors (Lipinski definition) is 4. The van der Waals surface area contributed by atoms with Crippen LogP contribution in [-0.4, -0.2) is 12.1 Å². The van der Waals surface area contributed by atoms with E-state index < -0.39 is 0 Å². The molecule has 32 heavy (non-hydrogen) atoms. The number of ether oxygens (including phenoxy) is 1. The standard InChI is InChI=1S/C26H18Cl2N2OS/c1-31-20-10-8-18(9-11-20)21-14-25(19-5-3-2-4-6-19)30-26(22(21)15-29)32-16-17-7-12-23(27)24(28)13-17/h2-14H,16H2,1H3. The van der Waals surface area contributed by atoms with Crippen LogP contribution in [0, 0.1) is 11.3 Å². The van der Waals surface area contributed by atoms with Gasteiger partial charge in [0.1, 0.15) is 16.8 Å². The van der Waals surface area contributed by atoms with E-state index in [0.717, 1.165) is 33.7 Å². The second-order valence-corrected chi connectivity index (χ2v) is 8.76. The summed E-state index contributed by atoms with van der Waals surface area (Å²) < 4.78 is 5.28. The van der Waals surface area contributed by atoms with E-state index in [1.54, 1.807) is 13.2 Å². The second kappa shape index (κ2) is 10.1. The van der Waals surface area contributed by atoms with Crippen molar-refractivity contribution in [3.05, 3.63) is 100 Å². The predicted molar refractivity (Wildman–Crippen MR) is 132 cm³/mol. The van der Waals surface area contributed by atoms with Gasteiger partial charge in [-0.25, -0.2) is 4.98 Å². The number of pyridine rings is 1. The van der Waals surface area contributed by atoms with Crippen LogP contribution in [0.5, 0.6) is 5.75 Å². The summed E-state index contributed by atoms with van der Waals surface area (Å²) >= 11 is 13.7. The molecule has 1 heterocycles. The number of halogens is 2. The highest BCUT2D eigenvalue weighted by atomic mass is 35.5. The van der Waals surface area contributed by atoms with Crippen LogP contribution < -0.4 is 4.74 Å². The molecule has 0 amide bonds. The fraction of sp³-hybridized carbons (Fsp3) is 0.0769. The minimum atomic E-state index is 0.509. The third kappa shape index (κ3) is 4.92. The molecule has 0 saturated heterocycles. The zero-order chi connectivity index (χ0) is 22.5. The van der Waals surface area contributed by atoms with E-state index in [1.165, 1.54) is 11.8 Å². The van der Waals surface area contributed by atoms with Crippen molar-refractivity contribution in [2.45, 2.75) is 10.8 Å². The molecule has 3 nitrogen and oxygen atoms in total. The van der Waals surface area contributed by atoms with Crippen molar-refractivity contribution in [1.82, 2.24) is 4.98 Å². The molecule has 6 heteroatoms. The number of methoxy groups -OCH3 is 1. The summed E-state index contributed by atoms with van der Waals surface area (Å²) in [6, 6.07) is 27.5.